The molecule has 0 bridgehead atoms. The van der Waals surface area contributed by atoms with Gasteiger partial charge in [0.1, 0.15) is 19.5 Å². The van der Waals surface area contributed by atoms with Crippen LogP contribution >= 0.6 is 0 Å². The minimum atomic E-state index is -0.754. The van der Waals surface area contributed by atoms with Crippen LogP contribution in [0.3, 0.4) is 0 Å². The second-order valence-corrected chi connectivity index (χ2v) is 4.96. The van der Waals surface area contributed by atoms with Crippen LogP contribution in [0.25, 0.3) is 0 Å². The Kier molecular flexibility index (Phi) is 4.35. The number of hydrogen-bond donors (Lipinski definition) is 0. The molecule has 0 spiro atoms. The number of imide groups is 1. The largest absolute Gasteiger partial charge is 0.398 e. The summed E-state index contributed by atoms with van der Waals surface area (Å²) in [6.45, 7) is 0.0115. The van der Waals surface area contributed by atoms with Gasteiger partial charge in [0, 0.05) is 11.1 Å². The molecule has 24 heavy (non-hydrogen) atoms. The molecule has 0 N–H and O–H groups in total. The lowest BCUT2D eigenvalue weighted by molar-refractivity contribution is -0.165. The first-order valence-electron chi connectivity index (χ1n) is 7.08. The Balaban J connectivity index is 1.99. The van der Waals surface area contributed by atoms with E-state index in [4.69, 9.17) is 9.68 Å². The molecule has 1 aliphatic rings. The van der Waals surface area contributed by atoms with Gasteiger partial charge in [-0.2, -0.15) is 0 Å². The fourth-order valence-electron chi connectivity index (χ4n) is 2.32. The number of amides is 2. The van der Waals surface area contributed by atoms with E-state index in [1.165, 1.54) is 19.2 Å². The van der Waals surface area contributed by atoms with Crippen molar-refractivity contribution in [2.24, 2.45) is 5.16 Å². The molecular formula is C17H13FN2O4. The lowest BCUT2D eigenvalue weighted by Gasteiger charge is -2.17. The van der Waals surface area contributed by atoms with Crippen molar-refractivity contribution >= 4 is 17.5 Å². The molecule has 6 nitrogen and oxygen atoms in total. The predicted octanol–water partition coefficient (Wildman–Crippen LogP) is 2.29. The summed E-state index contributed by atoms with van der Waals surface area (Å²) in [5.74, 6) is -1.95. The zero-order valence-electron chi connectivity index (χ0n) is 12.7. The van der Waals surface area contributed by atoms with Crippen molar-refractivity contribution in [3.63, 3.8) is 0 Å². The number of rotatable bonds is 2. The maximum absolute atomic E-state index is 13.0. The Morgan fingerprint density at radius 1 is 1.21 bits per heavy atom. The van der Waals surface area contributed by atoms with Gasteiger partial charge in [0.2, 0.25) is 0 Å². The van der Waals surface area contributed by atoms with E-state index in [-0.39, 0.29) is 17.9 Å². The first kappa shape index (κ1) is 15.8. The fourth-order valence-corrected chi connectivity index (χ4v) is 2.32. The molecule has 122 valence electrons. The van der Waals surface area contributed by atoms with Crippen LogP contribution in [0.4, 0.5) is 4.39 Å². The molecule has 0 radical (unpaired) electrons. The smallest absolute Gasteiger partial charge is 0.307 e. The number of carbonyl (C=O) groups is 2. The van der Waals surface area contributed by atoms with Crippen molar-refractivity contribution in [2.45, 2.75) is 6.61 Å². The van der Waals surface area contributed by atoms with Crippen LogP contribution in [0.1, 0.15) is 21.5 Å². The van der Waals surface area contributed by atoms with Gasteiger partial charge in [-0.1, -0.05) is 29.4 Å². The summed E-state index contributed by atoms with van der Waals surface area (Å²) in [5, 5.41) is 4.36. The standard InChI is InChI=1S/C17H13FN2O4/c1-23-19-15-14-5-3-2-4-12(14)10-24-20(17(15)22)16(21)11-6-8-13(18)9-7-11/h2-9H,10H2,1H3/b19-15+. The molecule has 0 aromatic heterocycles. The molecule has 2 amide bonds. The second-order valence-electron chi connectivity index (χ2n) is 4.96. The number of nitrogens with zero attached hydrogens (tertiary/aromatic N) is 2. The Morgan fingerprint density at radius 3 is 2.62 bits per heavy atom. The van der Waals surface area contributed by atoms with Crippen molar-refractivity contribution in [1.82, 2.24) is 5.06 Å². The molecule has 1 aliphatic heterocycles. The summed E-state index contributed by atoms with van der Waals surface area (Å²) in [6, 6.07) is 11.8. The monoisotopic (exact) mass is 328 g/mol. The number of oxime groups is 1. The number of carbonyl (C=O) groups excluding carboxylic acids is 2. The van der Waals surface area contributed by atoms with E-state index in [0.717, 1.165) is 12.1 Å². The average molecular weight is 328 g/mol. The van der Waals surface area contributed by atoms with Gasteiger partial charge in [-0.05, 0) is 29.8 Å². The van der Waals surface area contributed by atoms with Crippen molar-refractivity contribution < 1.29 is 23.7 Å². The number of halogens is 1. The first-order chi connectivity index (χ1) is 11.6. The van der Waals surface area contributed by atoms with Gasteiger partial charge in [0.05, 0.1) is 0 Å². The molecular weight excluding hydrogens is 315 g/mol. The minimum absolute atomic E-state index is 0.0115. The second kappa shape index (κ2) is 6.59. The molecule has 2 aromatic rings. The Hall–Kier alpha value is -3.06. The van der Waals surface area contributed by atoms with Crippen LogP contribution in [0.2, 0.25) is 0 Å². The van der Waals surface area contributed by atoms with Gasteiger partial charge < -0.3 is 4.84 Å². The van der Waals surface area contributed by atoms with E-state index in [9.17, 15) is 14.0 Å². The summed E-state index contributed by atoms with van der Waals surface area (Å²) in [5.41, 5.74) is 1.29. The summed E-state index contributed by atoms with van der Waals surface area (Å²) in [6.07, 6.45) is 0. The Bertz CT molecular complexity index is 818. The number of hydroxylamine groups is 2. The normalized spacial score (nSPS) is 15.8. The van der Waals surface area contributed by atoms with Gasteiger partial charge in [0.25, 0.3) is 5.91 Å². The highest BCUT2D eigenvalue weighted by Crippen LogP contribution is 2.20. The van der Waals surface area contributed by atoms with Crippen molar-refractivity contribution in [3.05, 3.63) is 71.0 Å². The highest BCUT2D eigenvalue weighted by atomic mass is 19.1. The zero-order valence-corrected chi connectivity index (χ0v) is 12.7. The third-order valence-corrected chi connectivity index (χ3v) is 3.47. The average Bonchev–Trinajstić information content (AvgIpc) is 2.73. The van der Waals surface area contributed by atoms with E-state index < -0.39 is 17.6 Å². The van der Waals surface area contributed by atoms with Crippen LogP contribution < -0.4 is 0 Å². The Morgan fingerprint density at radius 2 is 1.92 bits per heavy atom. The summed E-state index contributed by atoms with van der Waals surface area (Å²) in [4.78, 5) is 35.3. The van der Waals surface area contributed by atoms with Gasteiger partial charge >= 0.3 is 5.91 Å². The SMILES string of the molecule is CO/N=C1/C(=O)N(C(=O)c2ccc(F)cc2)OCc2ccccc21. The Labute approximate surface area is 137 Å². The summed E-state index contributed by atoms with van der Waals surface area (Å²) < 4.78 is 13.0. The van der Waals surface area contributed by atoms with E-state index in [2.05, 4.69) is 5.16 Å². The summed E-state index contributed by atoms with van der Waals surface area (Å²) >= 11 is 0. The van der Waals surface area contributed by atoms with Gasteiger partial charge in [-0.15, -0.1) is 5.06 Å². The van der Waals surface area contributed by atoms with Crippen LogP contribution in [0.5, 0.6) is 0 Å². The molecule has 3 rings (SSSR count). The third kappa shape index (κ3) is 2.89. The predicted molar refractivity (Wildman–Crippen MR) is 82.4 cm³/mol. The first-order valence-corrected chi connectivity index (χ1v) is 7.08. The van der Waals surface area contributed by atoms with Crippen LogP contribution in [0.15, 0.2) is 53.7 Å². The highest BCUT2D eigenvalue weighted by molar-refractivity contribution is 6.47. The fraction of sp³-hybridized carbons (Fsp3) is 0.118. The van der Waals surface area contributed by atoms with Gasteiger partial charge in [-0.25, -0.2) is 4.39 Å². The van der Waals surface area contributed by atoms with E-state index in [1.807, 2.05) is 0 Å². The van der Waals surface area contributed by atoms with Gasteiger partial charge in [-0.3, -0.25) is 14.4 Å². The molecule has 7 heteroatoms. The number of fused-ring (bicyclic) bond motifs is 1. The number of benzene rings is 2. The van der Waals surface area contributed by atoms with Crippen LogP contribution in [-0.2, 0) is 21.1 Å². The van der Waals surface area contributed by atoms with Crippen LogP contribution in [-0.4, -0.2) is 29.7 Å². The quantitative estimate of drug-likeness (QED) is 0.626. The third-order valence-electron chi connectivity index (χ3n) is 3.47. The van der Waals surface area contributed by atoms with E-state index in [1.54, 1.807) is 24.3 Å². The molecule has 0 saturated carbocycles. The number of hydrogen-bond acceptors (Lipinski definition) is 5. The lowest BCUT2D eigenvalue weighted by Crippen LogP contribution is -2.40. The summed E-state index contributed by atoms with van der Waals surface area (Å²) in [7, 11) is 1.31. The van der Waals surface area contributed by atoms with E-state index in [0.29, 0.717) is 16.2 Å². The molecule has 0 saturated heterocycles. The lowest BCUT2D eigenvalue weighted by atomic mass is 10.0. The molecule has 0 unspecified atom stereocenters. The zero-order chi connectivity index (χ0) is 17.1. The molecule has 0 atom stereocenters. The van der Waals surface area contributed by atoms with Crippen LogP contribution in [0, 0.1) is 5.82 Å². The maximum atomic E-state index is 13.0. The van der Waals surface area contributed by atoms with Crippen molar-refractivity contribution in [1.29, 1.82) is 0 Å². The molecule has 0 aliphatic carbocycles. The molecule has 2 aromatic carbocycles. The van der Waals surface area contributed by atoms with Gasteiger partial charge in [0.15, 0.2) is 5.71 Å². The highest BCUT2D eigenvalue weighted by Gasteiger charge is 2.33. The van der Waals surface area contributed by atoms with E-state index >= 15 is 0 Å². The minimum Gasteiger partial charge on any atom is -0.398 e. The topological polar surface area (TPSA) is 68.2 Å². The molecule has 1 heterocycles. The maximum Gasteiger partial charge on any atom is 0.307 e. The van der Waals surface area contributed by atoms with Crippen molar-refractivity contribution in [3.8, 4) is 0 Å². The van der Waals surface area contributed by atoms with Crippen molar-refractivity contribution in [2.75, 3.05) is 7.11 Å². The molecule has 0 fully saturated rings.